The third-order valence-corrected chi connectivity index (χ3v) is 3.41. The molecule has 0 radical (unpaired) electrons. The first-order chi connectivity index (χ1) is 8.41. The summed E-state index contributed by atoms with van der Waals surface area (Å²) in [5.74, 6) is 0. The van der Waals surface area contributed by atoms with Gasteiger partial charge in [0.05, 0.1) is 0 Å². The first-order valence-electron chi connectivity index (χ1n) is 7.10. The van der Waals surface area contributed by atoms with Crippen molar-refractivity contribution in [2.24, 2.45) is 0 Å². The Morgan fingerprint density at radius 1 is 0.900 bits per heavy atom. The summed E-state index contributed by atoms with van der Waals surface area (Å²) < 4.78 is 34.3. The summed E-state index contributed by atoms with van der Waals surface area (Å²) in [6.45, 7) is 2.29. The van der Waals surface area contributed by atoms with Crippen molar-refractivity contribution in [1.29, 1.82) is 0 Å². The maximum Gasteiger partial charge on any atom is 2.00 e. The average Bonchev–Trinajstić information content (AvgIpc) is 2.25. The number of hydrogen-bond donors (Lipinski definition) is 1. The quantitative estimate of drug-likeness (QED) is 0.283. The van der Waals surface area contributed by atoms with E-state index in [4.69, 9.17) is 17.5 Å². The molecule has 114 valence electrons. The Morgan fingerprint density at radius 3 is 1.40 bits per heavy atom. The van der Waals surface area contributed by atoms with Crippen molar-refractivity contribution in [3.63, 3.8) is 0 Å². The Kier molecular flexibility index (Phi) is 35.1. The zero-order valence-corrected chi connectivity index (χ0v) is 18.0. The molecule has 0 heterocycles. The number of hydrogen-bond acceptors (Lipinski definition) is 4. The fraction of sp³-hybridized carbons (Fsp3) is 1.00. The second kappa shape index (κ2) is 23.4. The van der Waals surface area contributed by atoms with Gasteiger partial charge in [-0.1, -0.05) is 0 Å². The van der Waals surface area contributed by atoms with Crippen LogP contribution >= 0.6 is 0 Å². The first kappa shape index (κ1) is 30.0. The van der Waals surface area contributed by atoms with E-state index in [9.17, 15) is 0 Å². The van der Waals surface area contributed by atoms with Crippen molar-refractivity contribution in [3.8, 4) is 0 Å². The summed E-state index contributed by atoms with van der Waals surface area (Å²) in [6.07, 6.45) is 14.7. The molecule has 2 N–H and O–H groups in total. The largest absolute Gasteiger partial charge is 2.00 e. The van der Waals surface area contributed by atoms with Crippen LogP contribution in [0.25, 0.3) is 0 Å². The van der Waals surface area contributed by atoms with Gasteiger partial charge in [0, 0.05) is 0 Å². The van der Waals surface area contributed by atoms with Gasteiger partial charge in [0.2, 0.25) is 10.4 Å². The SMILES string of the molecule is CCCCCCCCCCC[CH2][Na].O=S(=O)([O-])O.[Ca+2].[OH-]. The van der Waals surface area contributed by atoms with Crippen LogP contribution in [0, 0.1) is 0 Å². The van der Waals surface area contributed by atoms with Crippen LogP contribution in [0.2, 0.25) is 3.67 Å². The Morgan fingerprint density at radius 2 is 1.15 bits per heavy atom. The van der Waals surface area contributed by atoms with Crippen molar-refractivity contribution < 1.29 is 23.0 Å². The fourth-order valence-electron chi connectivity index (χ4n) is 1.74. The molecule has 0 saturated heterocycles. The minimum atomic E-state index is -4.92. The van der Waals surface area contributed by atoms with E-state index in [1.165, 1.54) is 95.8 Å². The van der Waals surface area contributed by atoms with Crippen LogP contribution in [0.4, 0.5) is 0 Å². The first-order valence-corrected chi connectivity index (χ1v) is 9.88. The Balaban J connectivity index is -0.000000158. The molecule has 0 unspecified atom stereocenters. The molecule has 0 aromatic heterocycles. The van der Waals surface area contributed by atoms with Crippen LogP contribution < -0.4 is 0 Å². The Bertz CT molecular complexity index is 232. The molecule has 0 aromatic carbocycles. The second-order valence-corrected chi connectivity index (χ2v) is 6.47. The predicted molar refractivity (Wildman–Crippen MR) is 82.4 cm³/mol. The van der Waals surface area contributed by atoms with E-state index in [0.29, 0.717) is 0 Å². The fourth-order valence-corrected chi connectivity index (χ4v) is 2.24. The summed E-state index contributed by atoms with van der Waals surface area (Å²) in [6, 6.07) is 0. The maximum atomic E-state index is 8.63. The minimum absolute atomic E-state index is 0. The predicted octanol–water partition coefficient (Wildman–Crippen LogP) is 2.94. The van der Waals surface area contributed by atoms with Gasteiger partial charge in [-0.05, 0) is 0 Å². The van der Waals surface area contributed by atoms with Gasteiger partial charge in [-0.2, -0.15) is 0 Å². The molecule has 20 heavy (non-hydrogen) atoms. The van der Waals surface area contributed by atoms with Crippen LogP contribution in [0.15, 0.2) is 0 Å². The smallest absolute Gasteiger partial charge is 0.870 e. The summed E-state index contributed by atoms with van der Waals surface area (Å²) >= 11 is 1.41. The van der Waals surface area contributed by atoms with Gasteiger partial charge in [-0.15, -0.1) is 0 Å². The molecule has 8 heteroatoms. The zero-order valence-electron chi connectivity index (χ0n) is 13.0. The maximum absolute atomic E-state index is 8.63. The van der Waals surface area contributed by atoms with Crippen LogP contribution in [0.3, 0.4) is 0 Å². The molecule has 0 bridgehead atoms. The van der Waals surface area contributed by atoms with E-state index in [1.807, 2.05) is 0 Å². The van der Waals surface area contributed by atoms with Gasteiger partial charge < -0.3 is 10.0 Å². The van der Waals surface area contributed by atoms with Crippen molar-refractivity contribution in [1.82, 2.24) is 0 Å². The van der Waals surface area contributed by atoms with Crippen LogP contribution in [0.1, 0.15) is 71.1 Å². The molecule has 0 amide bonds. The number of rotatable bonds is 10. The molecule has 5 nitrogen and oxygen atoms in total. The standard InChI is InChI=1S/C12H25.Ca.Na.H2O4S.H2O/c1-3-5-7-9-11-12-10-8-6-4-2;;;1-5(2,3)4;/h1,3-12H2,2H3;;;(H2,1,2,3,4);1H2/q;+2;;;/p-2. The molecule has 0 aliphatic rings. The van der Waals surface area contributed by atoms with Gasteiger partial charge in [0.15, 0.2) is 0 Å². The topological polar surface area (TPSA) is 107 Å². The Labute approximate surface area is 172 Å². The van der Waals surface area contributed by atoms with Gasteiger partial charge in [0.1, 0.15) is 0 Å². The molecule has 0 atom stereocenters. The third kappa shape index (κ3) is 50.1. The summed E-state index contributed by atoms with van der Waals surface area (Å²) in [4.78, 5) is 0. The summed E-state index contributed by atoms with van der Waals surface area (Å²) in [5.41, 5.74) is 0. The van der Waals surface area contributed by atoms with E-state index >= 15 is 0 Å². The van der Waals surface area contributed by atoms with Gasteiger partial charge >= 0.3 is 140 Å². The van der Waals surface area contributed by atoms with Crippen LogP contribution in [-0.2, 0) is 10.4 Å². The van der Waals surface area contributed by atoms with E-state index in [1.54, 1.807) is 0 Å². The Hall–Kier alpha value is 2.09. The molecular formula is C12H27CaNaO5S. The van der Waals surface area contributed by atoms with E-state index in [2.05, 4.69) is 6.92 Å². The van der Waals surface area contributed by atoms with Crippen molar-refractivity contribution in [2.75, 3.05) is 0 Å². The molecule has 0 aromatic rings. The molecule has 0 aliphatic carbocycles. The number of unbranched alkanes of at least 4 members (excludes halogenated alkanes) is 9. The monoisotopic (exact) mass is 346 g/mol. The van der Waals surface area contributed by atoms with Crippen LogP contribution in [-0.4, -0.2) is 88.7 Å². The van der Waals surface area contributed by atoms with Crippen molar-refractivity contribution >= 4 is 76.1 Å². The molecule has 0 spiro atoms. The summed E-state index contributed by atoms with van der Waals surface area (Å²) in [5, 5.41) is 0. The van der Waals surface area contributed by atoms with E-state index in [-0.39, 0.29) is 43.2 Å². The van der Waals surface area contributed by atoms with Crippen LogP contribution in [0.5, 0.6) is 0 Å². The van der Waals surface area contributed by atoms with Crippen molar-refractivity contribution in [3.05, 3.63) is 0 Å². The van der Waals surface area contributed by atoms with E-state index < -0.39 is 10.4 Å². The normalized spacial score (nSPS) is 9.85. The molecule has 0 aliphatic heterocycles. The second-order valence-electron chi connectivity index (χ2n) is 4.61. The summed E-state index contributed by atoms with van der Waals surface area (Å²) in [7, 11) is -4.92. The molecule has 0 rings (SSSR count). The van der Waals surface area contributed by atoms with Crippen molar-refractivity contribution in [2.45, 2.75) is 74.8 Å². The van der Waals surface area contributed by atoms with Gasteiger partial charge in [-0.3, -0.25) is 4.55 Å². The average molecular weight is 346 g/mol. The van der Waals surface area contributed by atoms with E-state index in [0.717, 1.165) is 0 Å². The van der Waals surface area contributed by atoms with Gasteiger partial charge in [-0.25, -0.2) is 8.42 Å². The molecule has 0 saturated carbocycles. The zero-order chi connectivity index (χ0) is 14.3. The van der Waals surface area contributed by atoms with Gasteiger partial charge in [0.25, 0.3) is 0 Å². The third-order valence-electron chi connectivity index (χ3n) is 2.71. The molecule has 0 fully saturated rings. The molecular weight excluding hydrogens is 319 g/mol. The minimum Gasteiger partial charge on any atom is -0.870 e.